The molecule has 4 nitrogen and oxygen atoms in total. The van der Waals surface area contributed by atoms with E-state index >= 15 is 0 Å². The summed E-state index contributed by atoms with van der Waals surface area (Å²) in [5.74, 6) is 0. The quantitative estimate of drug-likeness (QED) is 0.816. The standard InChI is InChI=1S/C9H15N3OS/c1-2-4-13-9(3-1)6-10-5-8-7-14-12-11-8/h7,9-10H,1-6H2. The third-order valence-electron chi connectivity index (χ3n) is 2.36. The number of aromatic nitrogens is 2. The maximum Gasteiger partial charge on any atom is 0.0893 e. The van der Waals surface area contributed by atoms with Gasteiger partial charge < -0.3 is 10.1 Å². The molecule has 1 aliphatic rings. The van der Waals surface area contributed by atoms with Gasteiger partial charge in [0.15, 0.2) is 0 Å². The highest BCUT2D eigenvalue weighted by Gasteiger charge is 2.12. The number of hydrogen-bond donors (Lipinski definition) is 1. The molecule has 78 valence electrons. The molecule has 1 saturated heterocycles. The minimum Gasteiger partial charge on any atom is -0.377 e. The molecule has 0 spiro atoms. The Hall–Kier alpha value is -0.520. The van der Waals surface area contributed by atoms with E-state index in [1.54, 1.807) is 0 Å². The lowest BCUT2D eigenvalue weighted by atomic mass is 10.1. The Labute approximate surface area is 87.8 Å². The molecule has 0 aliphatic carbocycles. The SMILES string of the molecule is c1snnc1CNCC1CCCCO1. The summed E-state index contributed by atoms with van der Waals surface area (Å²) in [4.78, 5) is 0. The Balaban J connectivity index is 1.62. The molecule has 14 heavy (non-hydrogen) atoms. The van der Waals surface area contributed by atoms with Crippen LogP contribution in [-0.4, -0.2) is 28.8 Å². The summed E-state index contributed by atoms with van der Waals surface area (Å²) >= 11 is 1.39. The van der Waals surface area contributed by atoms with Gasteiger partial charge in [0.05, 0.1) is 11.8 Å². The van der Waals surface area contributed by atoms with E-state index < -0.39 is 0 Å². The Bertz CT molecular complexity index is 247. The highest BCUT2D eigenvalue weighted by Crippen LogP contribution is 2.11. The van der Waals surface area contributed by atoms with Crippen LogP contribution in [0.1, 0.15) is 25.0 Å². The van der Waals surface area contributed by atoms with Crippen LogP contribution >= 0.6 is 11.5 Å². The van der Waals surface area contributed by atoms with Gasteiger partial charge in [0.2, 0.25) is 0 Å². The fourth-order valence-electron chi connectivity index (χ4n) is 1.59. The first kappa shape index (κ1) is 10.0. The Morgan fingerprint density at radius 3 is 3.29 bits per heavy atom. The van der Waals surface area contributed by atoms with Crippen molar-refractivity contribution in [3.8, 4) is 0 Å². The Morgan fingerprint density at radius 2 is 2.57 bits per heavy atom. The molecule has 1 unspecified atom stereocenters. The van der Waals surface area contributed by atoms with Crippen LogP contribution in [-0.2, 0) is 11.3 Å². The van der Waals surface area contributed by atoms with E-state index in [1.165, 1.54) is 30.8 Å². The van der Waals surface area contributed by atoms with Crippen LogP contribution in [0.2, 0.25) is 0 Å². The molecule has 0 saturated carbocycles. The van der Waals surface area contributed by atoms with Gasteiger partial charge in [-0.15, -0.1) is 5.10 Å². The van der Waals surface area contributed by atoms with Crippen molar-refractivity contribution in [2.75, 3.05) is 13.2 Å². The summed E-state index contributed by atoms with van der Waals surface area (Å²) in [5.41, 5.74) is 1.02. The monoisotopic (exact) mass is 213 g/mol. The van der Waals surface area contributed by atoms with E-state index in [1.807, 2.05) is 5.38 Å². The topological polar surface area (TPSA) is 47.0 Å². The van der Waals surface area contributed by atoms with E-state index in [9.17, 15) is 0 Å². The van der Waals surface area contributed by atoms with E-state index in [0.29, 0.717) is 6.10 Å². The molecule has 2 rings (SSSR count). The average Bonchev–Trinajstić information content (AvgIpc) is 2.72. The molecule has 1 N–H and O–H groups in total. The summed E-state index contributed by atoms with van der Waals surface area (Å²) < 4.78 is 9.41. The third kappa shape index (κ3) is 3.01. The summed E-state index contributed by atoms with van der Waals surface area (Å²) in [6.45, 7) is 2.65. The van der Waals surface area contributed by atoms with Gasteiger partial charge in [-0.05, 0) is 30.8 Å². The zero-order valence-corrected chi connectivity index (χ0v) is 8.92. The van der Waals surface area contributed by atoms with Crippen molar-refractivity contribution in [2.45, 2.75) is 31.9 Å². The maximum absolute atomic E-state index is 5.60. The molecule has 0 bridgehead atoms. The van der Waals surface area contributed by atoms with Crippen molar-refractivity contribution in [3.05, 3.63) is 11.1 Å². The van der Waals surface area contributed by atoms with Crippen molar-refractivity contribution in [3.63, 3.8) is 0 Å². The molecule has 0 aromatic carbocycles. The normalized spacial score (nSPS) is 22.4. The Kier molecular flexibility index (Phi) is 3.85. The van der Waals surface area contributed by atoms with Crippen molar-refractivity contribution < 1.29 is 4.74 Å². The molecule has 5 heteroatoms. The first-order valence-corrected chi connectivity index (χ1v) is 5.87. The highest BCUT2D eigenvalue weighted by atomic mass is 32.1. The van der Waals surface area contributed by atoms with E-state index in [4.69, 9.17) is 4.74 Å². The minimum atomic E-state index is 0.398. The predicted octanol–water partition coefficient (Wildman–Crippen LogP) is 1.20. The van der Waals surface area contributed by atoms with Gasteiger partial charge in [0, 0.05) is 25.1 Å². The summed E-state index contributed by atoms with van der Waals surface area (Å²) in [6, 6.07) is 0. The third-order valence-corrected chi connectivity index (χ3v) is 2.91. The fraction of sp³-hybridized carbons (Fsp3) is 0.778. The molecular weight excluding hydrogens is 198 g/mol. The molecule has 2 heterocycles. The average molecular weight is 213 g/mol. The smallest absolute Gasteiger partial charge is 0.0893 e. The zero-order chi connectivity index (χ0) is 9.64. The highest BCUT2D eigenvalue weighted by molar-refractivity contribution is 7.03. The lowest BCUT2D eigenvalue weighted by molar-refractivity contribution is 0.0167. The molecule has 1 fully saturated rings. The number of rotatable bonds is 4. The van der Waals surface area contributed by atoms with Gasteiger partial charge in [-0.1, -0.05) is 4.49 Å². The first-order chi connectivity index (χ1) is 6.95. The lowest BCUT2D eigenvalue weighted by Crippen LogP contribution is -2.31. The molecule has 1 aliphatic heterocycles. The first-order valence-electron chi connectivity index (χ1n) is 5.03. The van der Waals surface area contributed by atoms with Gasteiger partial charge in [-0.3, -0.25) is 0 Å². The van der Waals surface area contributed by atoms with Crippen LogP contribution in [0.25, 0.3) is 0 Å². The molecular formula is C9H15N3OS. The van der Waals surface area contributed by atoms with Crippen LogP contribution in [0.3, 0.4) is 0 Å². The maximum atomic E-state index is 5.60. The van der Waals surface area contributed by atoms with Gasteiger partial charge in [0.1, 0.15) is 0 Å². The second-order valence-corrected chi connectivity index (χ2v) is 4.13. The van der Waals surface area contributed by atoms with Crippen molar-refractivity contribution >= 4 is 11.5 Å². The number of ether oxygens (including phenoxy) is 1. The van der Waals surface area contributed by atoms with E-state index in [-0.39, 0.29) is 0 Å². The summed E-state index contributed by atoms with van der Waals surface area (Å²) in [5, 5.41) is 9.27. The van der Waals surface area contributed by atoms with Gasteiger partial charge in [0.25, 0.3) is 0 Å². The number of nitrogens with zero attached hydrogens (tertiary/aromatic N) is 2. The van der Waals surface area contributed by atoms with Crippen molar-refractivity contribution in [2.24, 2.45) is 0 Å². The number of hydrogen-bond acceptors (Lipinski definition) is 5. The van der Waals surface area contributed by atoms with E-state index in [0.717, 1.165) is 25.4 Å². The fourth-order valence-corrected chi connectivity index (χ4v) is 2.04. The van der Waals surface area contributed by atoms with Crippen LogP contribution in [0.5, 0.6) is 0 Å². The second-order valence-electron chi connectivity index (χ2n) is 3.52. The van der Waals surface area contributed by atoms with Crippen molar-refractivity contribution in [1.29, 1.82) is 0 Å². The van der Waals surface area contributed by atoms with Gasteiger partial charge in [-0.2, -0.15) is 0 Å². The molecule has 0 amide bonds. The van der Waals surface area contributed by atoms with Crippen LogP contribution in [0, 0.1) is 0 Å². The molecule has 1 aromatic heterocycles. The zero-order valence-electron chi connectivity index (χ0n) is 8.11. The Morgan fingerprint density at radius 1 is 1.57 bits per heavy atom. The molecule has 1 aromatic rings. The molecule has 1 atom stereocenters. The number of nitrogens with one attached hydrogen (secondary N) is 1. The minimum absolute atomic E-state index is 0.398. The van der Waals surface area contributed by atoms with Crippen LogP contribution < -0.4 is 5.32 Å². The van der Waals surface area contributed by atoms with E-state index in [2.05, 4.69) is 14.9 Å². The summed E-state index contributed by atoms with van der Waals surface area (Å²) in [7, 11) is 0. The van der Waals surface area contributed by atoms with Crippen LogP contribution in [0.4, 0.5) is 0 Å². The molecule has 0 radical (unpaired) electrons. The van der Waals surface area contributed by atoms with Gasteiger partial charge in [-0.25, -0.2) is 0 Å². The summed E-state index contributed by atoms with van der Waals surface area (Å²) in [6.07, 6.45) is 4.09. The van der Waals surface area contributed by atoms with Crippen molar-refractivity contribution in [1.82, 2.24) is 14.9 Å². The second kappa shape index (κ2) is 5.38. The predicted molar refractivity (Wildman–Crippen MR) is 55.2 cm³/mol. The lowest BCUT2D eigenvalue weighted by Gasteiger charge is -2.22. The van der Waals surface area contributed by atoms with Gasteiger partial charge >= 0.3 is 0 Å². The van der Waals surface area contributed by atoms with Crippen LogP contribution in [0.15, 0.2) is 5.38 Å². The largest absolute Gasteiger partial charge is 0.377 e.